The van der Waals surface area contributed by atoms with Crippen LogP contribution in [-0.2, 0) is 0 Å². The molecule has 6 aromatic rings. The average Bonchev–Trinajstić information content (AvgIpc) is 3.70. The predicted octanol–water partition coefficient (Wildman–Crippen LogP) is 4.48. The standard InChI is InChI=1S/C30H34N10/c1-18(16-31-23-12-8-6-9-13-23)27-33-29-25(21(4)35-39(29)37-27)20(3)26-22(5)36-40-30(26)34-28(38-40)19(2)17-32-24-14-10-7-11-15-24/h6-15,18-19,31-32H,16-17H2,1-5H3,(H,33,37)/b26-20-. The molecular weight excluding hydrogens is 500 g/mol. The summed E-state index contributed by atoms with van der Waals surface area (Å²) in [5.74, 6) is 1.92. The first-order valence-electron chi connectivity index (χ1n) is 13.7. The molecular formula is C30H34N10. The largest absolute Gasteiger partial charge is 0.384 e. The van der Waals surface area contributed by atoms with Gasteiger partial charge < -0.3 is 15.6 Å². The predicted molar refractivity (Wildman–Crippen MR) is 158 cm³/mol. The number of nitrogens with zero attached hydrogens (tertiary/aromatic N) is 7. The fourth-order valence-corrected chi connectivity index (χ4v) is 5.13. The van der Waals surface area contributed by atoms with Crippen molar-refractivity contribution in [2.45, 2.75) is 46.5 Å². The second kappa shape index (κ2) is 10.4. The number of para-hydroxylation sites is 2. The minimum absolute atomic E-state index is 0.112. The molecule has 0 radical (unpaired) electrons. The Bertz CT molecular complexity index is 1810. The van der Waals surface area contributed by atoms with Gasteiger partial charge in [-0.2, -0.15) is 10.2 Å². The number of rotatable bonds is 9. The highest BCUT2D eigenvalue weighted by Crippen LogP contribution is 2.24. The molecule has 0 aliphatic rings. The molecule has 0 spiro atoms. The molecule has 3 N–H and O–H groups in total. The molecule has 2 unspecified atom stereocenters. The number of fused-ring (bicyclic) bond motifs is 2. The smallest absolute Gasteiger partial charge is 0.185 e. The average molecular weight is 535 g/mol. The van der Waals surface area contributed by atoms with Gasteiger partial charge in [0.05, 0.1) is 11.4 Å². The SMILES string of the molecule is C/C(c1c(C)nn2nc(C(C)CNc3ccccc3)[nH]c12)=c1\c(C)nn2nc(C(C)CNc3ccccc3)nc12. The Morgan fingerprint density at radius 1 is 0.775 bits per heavy atom. The van der Waals surface area contributed by atoms with Crippen molar-refractivity contribution >= 4 is 28.2 Å². The van der Waals surface area contributed by atoms with E-state index in [-0.39, 0.29) is 11.8 Å². The first-order valence-corrected chi connectivity index (χ1v) is 13.7. The number of aromatic nitrogens is 8. The Hall–Kier alpha value is -4.73. The van der Waals surface area contributed by atoms with Gasteiger partial charge in [-0.1, -0.05) is 50.2 Å². The van der Waals surface area contributed by atoms with Crippen molar-refractivity contribution in [2.24, 2.45) is 0 Å². The maximum Gasteiger partial charge on any atom is 0.185 e. The van der Waals surface area contributed by atoms with Crippen LogP contribution in [0.25, 0.3) is 16.9 Å². The van der Waals surface area contributed by atoms with Crippen molar-refractivity contribution < 1.29 is 0 Å². The summed E-state index contributed by atoms with van der Waals surface area (Å²) >= 11 is 0. The van der Waals surface area contributed by atoms with Crippen LogP contribution < -0.4 is 15.9 Å². The zero-order chi connectivity index (χ0) is 27.8. The number of H-pyrrole nitrogens is 1. The number of nitrogens with one attached hydrogen (secondary N) is 3. The van der Waals surface area contributed by atoms with Crippen molar-refractivity contribution in [2.75, 3.05) is 23.7 Å². The molecule has 0 aliphatic carbocycles. The third kappa shape index (κ3) is 4.76. The van der Waals surface area contributed by atoms with Gasteiger partial charge in [0.15, 0.2) is 17.1 Å². The maximum absolute atomic E-state index is 4.94. The van der Waals surface area contributed by atoms with Crippen LogP contribution in [0, 0.1) is 13.8 Å². The van der Waals surface area contributed by atoms with Crippen LogP contribution in [-0.4, -0.2) is 52.7 Å². The van der Waals surface area contributed by atoms with E-state index in [1.165, 1.54) is 0 Å². The third-order valence-electron chi connectivity index (χ3n) is 7.36. The lowest BCUT2D eigenvalue weighted by Gasteiger charge is -2.10. The number of hydrogen-bond donors (Lipinski definition) is 3. The highest BCUT2D eigenvalue weighted by Gasteiger charge is 2.22. The van der Waals surface area contributed by atoms with Crippen molar-refractivity contribution in [1.82, 2.24) is 39.6 Å². The van der Waals surface area contributed by atoms with E-state index in [2.05, 4.69) is 60.7 Å². The Kier molecular flexibility index (Phi) is 6.67. The summed E-state index contributed by atoms with van der Waals surface area (Å²) in [6.07, 6.45) is 0. The number of benzene rings is 2. The van der Waals surface area contributed by atoms with E-state index in [9.17, 15) is 0 Å². The summed E-state index contributed by atoms with van der Waals surface area (Å²) in [4.78, 5) is 8.48. The van der Waals surface area contributed by atoms with Gasteiger partial charge in [-0.15, -0.1) is 19.5 Å². The molecule has 204 valence electrons. The van der Waals surface area contributed by atoms with Crippen molar-refractivity contribution in [3.8, 4) is 0 Å². The molecule has 2 aromatic carbocycles. The van der Waals surface area contributed by atoms with Gasteiger partial charge in [0.2, 0.25) is 0 Å². The first kappa shape index (κ1) is 25.5. The number of anilines is 2. The number of aromatic amines is 1. The normalized spacial score (nSPS) is 14.0. The highest BCUT2D eigenvalue weighted by molar-refractivity contribution is 5.78. The minimum Gasteiger partial charge on any atom is -0.384 e. The van der Waals surface area contributed by atoms with E-state index in [0.29, 0.717) is 0 Å². The molecule has 0 aliphatic heterocycles. The number of hydrogen-bond acceptors (Lipinski definition) is 7. The summed E-state index contributed by atoms with van der Waals surface area (Å²) in [5, 5.41) is 26.8. The third-order valence-corrected chi connectivity index (χ3v) is 7.36. The molecule has 0 saturated carbocycles. The summed E-state index contributed by atoms with van der Waals surface area (Å²) in [7, 11) is 0. The molecule has 6 rings (SSSR count). The number of aryl methyl sites for hydroxylation is 2. The second-order valence-corrected chi connectivity index (χ2v) is 10.5. The summed E-state index contributed by atoms with van der Waals surface area (Å²) in [5.41, 5.74) is 7.65. The summed E-state index contributed by atoms with van der Waals surface area (Å²) < 4.78 is 3.37. The zero-order valence-corrected chi connectivity index (χ0v) is 23.5. The van der Waals surface area contributed by atoms with Crippen LogP contribution in [0.4, 0.5) is 11.4 Å². The first-order chi connectivity index (χ1) is 19.4. The van der Waals surface area contributed by atoms with E-state index in [0.717, 1.165) is 75.2 Å². The molecule has 10 nitrogen and oxygen atoms in total. The van der Waals surface area contributed by atoms with E-state index >= 15 is 0 Å². The van der Waals surface area contributed by atoms with Gasteiger partial charge in [-0.25, -0.2) is 4.98 Å². The van der Waals surface area contributed by atoms with E-state index in [4.69, 9.17) is 25.4 Å². The fourth-order valence-electron chi connectivity index (χ4n) is 5.13. The van der Waals surface area contributed by atoms with E-state index in [1.807, 2.05) is 50.2 Å². The zero-order valence-electron chi connectivity index (χ0n) is 23.5. The van der Waals surface area contributed by atoms with E-state index in [1.54, 1.807) is 9.26 Å². The lowest BCUT2D eigenvalue weighted by Crippen LogP contribution is -2.13. The van der Waals surface area contributed by atoms with Crippen LogP contribution >= 0.6 is 0 Å². The highest BCUT2D eigenvalue weighted by atomic mass is 15.5. The maximum atomic E-state index is 4.94. The second-order valence-electron chi connectivity index (χ2n) is 10.5. The lowest BCUT2D eigenvalue weighted by molar-refractivity contribution is 0.702. The lowest BCUT2D eigenvalue weighted by atomic mass is 10.1. The quantitative estimate of drug-likeness (QED) is 0.251. The van der Waals surface area contributed by atoms with Gasteiger partial charge in [-0.3, -0.25) is 0 Å². The van der Waals surface area contributed by atoms with Crippen LogP contribution in [0.15, 0.2) is 60.7 Å². The molecule has 0 fully saturated rings. The molecule has 40 heavy (non-hydrogen) atoms. The van der Waals surface area contributed by atoms with Gasteiger partial charge >= 0.3 is 0 Å². The molecule has 4 heterocycles. The van der Waals surface area contributed by atoms with Gasteiger partial charge in [0.1, 0.15) is 5.82 Å². The van der Waals surface area contributed by atoms with Gasteiger partial charge in [0.25, 0.3) is 0 Å². The Labute approximate surface area is 232 Å². The minimum atomic E-state index is 0.112. The Morgan fingerprint density at radius 2 is 1.38 bits per heavy atom. The van der Waals surface area contributed by atoms with Crippen LogP contribution in [0.3, 0.4) is 0 Å². The molecule has 4 aromatic heterocycles. The summed E-state index contributed by atoms with van der Waals surface area (Å²) in [6, 6.07) is 20.4. The molecule has 2 atom stereocenters. The van der Waals surface area contributed by atoms with Crippen molar-refractivity contribution in [3.05, 3.63) is 94.5 Å². The Balaban J connectivity index is 1.30. The molecule has 0 saturated heterocycles. The summed E-state index contributed by atoms with van der Waals surface area (Å²) in [6.45, 7) is 11.9. The Morgan fingerprint density at radius 3 is 2.02 bits per heavy atom. The van der Waals surface area contributed by atoms with Crippen molar-refractivity contribution in [1.29, 1.82) is 0 Å². The monoisotopic (exact) mass is 534 g/mol. The van der Waals surface area contributed by atoms with Gasteiger partial charge in [0, 0.05) is 47.1 Å². The topological polar surface area (TPSA) is 113 Å². The van der Waals surface area contributed by atoms with E-state index < -0.39 is 0 Å². The van der Waals surface area contributed by atoms with Gasteiger partial charge in [-0.05, 0) is 50.6 Å². The van der Waals surface area contributed by atoms with Crippen LogP contribution in [0.1, 0.15) is 61.2 Å². The fraction of sp³-hybridized carbons (Fsp3) is 0.300. The molecule has 10 heteroatoms. The van der Waals surface area contributed by atoms with Crippen molar-refractivity contribution in [3.63, 3.8) is 0 Å². The molecule has 0 bridgehead atoms. The van der Waals surface area contributed by atoms with Crippen LogP contribution in [0.2, 0.25) is 0 Å². The van der Waals surface area contributed by atoms with Crippen LogP contribution in [0.5, 0.6) is 0 Å². The molecule has 0 amide bonds.